The zero-order valence-corrected chi connectivity index (χ0v) is 11.3. The average Bonchev–Trinajstić information content (AvgIpc) is 2.83. The van der Waals surface area contributed by atoms with E-state index in [-0.39, 0.29) is 11.4 Å². The van der Waals surface area contributed by atoms with Crippen LogP contribution in [0.5, 0.6) is 0 Å². The molecule has 19 heavy (non-hydrogen) atoms. The highest BCUT2D eigenvalue weighted by molar-refractivity contribution is 5.98. The molecule has 1 amide bonds. The first-order chi connectivity index (χ1) is 9.16. The second-order valence-corrected chi connectivity index (χ2v) is 5.85. The van der Waals surface area contributed by atoms with Gasteiger partial charge in [0.2, 0.25) is 0 Å². The first-order valence-corrected chi connectivity index (χ1v) is 7.07. The summed E-state index contributed by atoms with van der Waals surface area (Å²) >= 11 is 0. The smallest absolute Gasteiger partial charge is 0.268 e. The molecular formula is C16H20N2O. The van der Waals surface area contributed by atoms with E-state index in [2.05, 4.69) is 17.2 Å². The third kappa shape index (κ3) is 2.50. The summed E-state index contributed by atoms with van der Waals surface area (Å²) in [4.78, 5) is 15.5. The summed E-state index contributed by atoms with van der Waals surface area (Å²) in [5.41, 5.74) is 1.64. The Hall–Kier alpha value is -1.77. The van der Waals surface area contributed by atoms with E-state index >= 15 is 0 Å². The highest BCUT2D eigenvalue weighted by Crippen LogP contribution is 2.28. The molecule has 100 valence electrons. The SMILES string of the molecule is CC1(NC(=O)c2cc3ccccc3[nH]2)CCCCC1. The summed E-state index contributed by atoms with van der Waals surface area (Å²) in [6.45, 7) is 2.16. The molecule has 0 bridgehead atoms. The Morgan fingerprint density at radius 3 is 2.68 bits per heavy atom. The van der Waals surface area contributed by atoms with Gasteiger partial charge in [0, 0.05) is 16.4 Å². The largest absolute Gasteiger partial charge is 0.351 e. The van der Waals surface area contributed by atoms with Crippen molar-refractivity contribution in [2.24, 2.45) is 0 Å². The molecule has 3 nitrogen and oxygen atoms in total. The third-order valence-electron chi connectivity index (χ3n) is 4.15. The van der Waals surface area contributed by atoms with Crippen molar-refractivity contribution in [1.82, 2.24) is 10.3 Å². The van der Waals surface area contributed by atoms with Gasteiger partial charge in [0.25, 0.3) is 5.91 Å². The van der Waals surface area contributed by atoms with Gasteiger partial charge in [0.05, 0.1) is 0 Å². The van der Waals surface area contributed by atoms with Gasteiger partial charge in [-0.05, 0) is 31.9 Å². The quantitative estimate of drug-likeness (QED) is 0.847. The Morgan fingerprint density at radius 1 is 1.21 bits per heavy atom. The van der Waals surface area contributed by atoms with Crippen LogP contribution in [0.25, 0.3) is 10.9 Å². The molecular weight excluding hydrogens is 236 g/mol. The molecule has 0 radical (unpaired) electrons. The summed E-state index contributed by atoms with van der Waals surface area (Å²) in [5, 5.41) is 4.29. The molecule has 0 atom stereocenters. The number of fused-ring (bicyclic) bond motifs is 1. The molecule has 3 rings (SSSR count). The van der Waals surface area contributed by atoms with Crippen molar-refractivity contribution >= 4 is 16.8 Å². The fourth-order valence-corrected chi connectivity index (χ4v) is 2.99. The molecule has 1 aromatic carbocycles. The lowest BCUT2D eigenvalue weighted by molar-refractivity contribution is 0.0878. The van der Waals surface area contributed by atoms with Gasteiger partial charge >= 0.3 is 0 Å². The van der Waals surface area contributed by atoms with E-state index in [1.54, 1.807) is 0 Å². The number of carbonyl (C=O) groups excluding carboxylic acids is 1. The summed E-state index contributed by atoms with van der Waals surface area (Å²) in [6.07, 6.45) is 5.88. The Morgan fingerprint density at radius 2 is 1.95 bits per heavy atom. The maximum atomic E-state index is 12.3. The molecule has 0 saturated heterocycles. The average molecular weight is 256 g/mol. The lowest BCUT2D eigenvalue weighted by Crippen LogP contribution is -2.47. The van der Waals surface area contributed by atoms with Crippen LogP contribution in [0.3, 0.4) is 0 Å². The molecule has 1 fully saturated rings. The minimum atomic E-state index is -0.0351. The first kappa shape index (κ1) is 12.3. The topological polar surface area (TPSA) is 44.9 Å². The molecule has 2 aromatic rings. The zero-order valence-electron chi connectivity index (χ0n) is 11.3. The van der Waals surface area contributed by atoms with Gasteiger partial charge in [-0.25, -0.2) is 0 Å². The van der Waals surface area contributed by atoms with Crippen LogP contribution in [0.1, 0.15) is 49.5 Å². The maximum absolute atomic E-state index is 12.3. The number of nitrogens with one attached hydrogen (secondary N) is 2. The molecule has 1 heterocycles. The number of aromatic nitrogens is 1. The van der Waals surface area contributed by atoms with Gasteiger partial charge in [0.1, 0.15) is 5.69 Å². The van der Waals surface area contributed by atoms with Crippen molar-refractivity contribution in [3.63, 3.8) is 0 Å². The van der Waals surface area contributed by atoms with Gasteiger partial charge in [0.15, 0.2) is 0 Å². The van der Waals surface area contributed by atoms with E-state index in [9.17, 15) is 4.79 Å². The van der Waals surface area contributed by atoms with Crippen LogP contribution in [-0.2, 0) is 0 Å². The van der Waals surface area contributed by atoms with Crippen molar-refractivity contribution in [2.45, 2.75) is 44.6 Å². The molecule has 3 heteroatoms. The van der Waals surface area contributed by atoms with Crippen LogP contribution >= 0.6 is 0 Å². The van der Waals surface area contributed by atoms with Gasteiger partial charge in [-0.1, -0.05) is 37.5 Å². The van der Waals surface area contributed by atoms with Gasteiger partial charge < -0.3 is 10.3 Å². The van der Waals surface area contributed by atoms with E-state index in [1.807, 2.05) is 30.3 Å². The Balaban J connectivity index is 1.79. The molecule has 1 aliphatic carbocycles. The van der Waals surface area contributed by atoms with Crippen molar-refractivity contribution in [1.29, 1.82) is 0 Å². The van der Waals surface area contributed by atoms with Crippen LogP contribution in [0.2, 0.25) is 0 Å². The normalized spacial score (nSPS) is 18.4. The Bertz CT molecular complexity index is 561. The second-order valence-electron chi connectivity index (χ2n) is 5.85. The van der Waals surface area contributed by atoms with Crippen molar-refractivity contribution in [2.75, 3.05) is 0 Å². The number of H-pyrrole nitrogens is 1. The fourth-order valence-electron chi connectivity index (χ4n) is 2.99. The lowest BCUT2D eigenvalue weighted by Gasteiger charge is -2.34. The number of rotatable bonds is 2. The minimum absolute atomic E-state index is 0.0144. The molecule has 0 unspecified atom stereocenters. The van der Waals surface area contributed by atoms with E-state index in [1.165, 1.54) is 19.3 Å². The van der Waals surface area contributed by atoms with Crippen LogP contribution in [0.4, 0.5) is 0 Å². The monoisotopic (exact) mass is 256 g/mol. The number of amides is 1. The van der Waals surface area contributed by atoms with Crippen molar-refractivity contribution in [3.05, 3.63) is 36.0 Å². The predicted molar refractivity (Wildman–Crippen MR) is 77.3 cm³/mol. The van der Waals surface area contributed by atoms with Gasteiger partial charge in [-0.15, -0.1) is 0 Å². The number of carbonyl (C=O) groups is 1. The van der Waals surface area contributed by atoms with E-state index in [0.29, 0.717) is 5.69 Å². The maximum Gasteiger partial charge on any atom is 0.268 e. The standard InChI is InChI=1S/C16H20N2O/c1-16(9-5-2-6-10-16)18-15(19)14-11-12-7-3-4-8-13(12)17-14/h3-4,7-8,11,17H,2,5-6,9-10H2,1H3,(H,18,19). The summed E-state index contributed by atoms with van der Waals surface area (Å²) in [7, 11) is 0. The van der Waals surface area contributed by atoms with Crippen LogP contribution in [0.15, 0.2) is 30.3 Å². The van der Waals surface area contributed by atoms with E-state index < -0.39 is 0 Å². The lowest BCUT2D eigenvalue weighted by atomic mass is 9.83. The molecule has 0 spiro atoms. The first-order valence-electron chi connectivity index (χ1n) is 7.07. The molecule has 1 saturated carbocycles. The highest BCUT2D eigenvalue weighted by Gasteiger charge is 2.29. The van der Waals surface area contributed by atoms with Gasteiger partial charge in [-0.3, -0.25) is 4.79 Å². The van der Waals surface area contributed by atoms with Crippen molar-refractivity contribution < 1.29 is 4.79 Å². The fraction of sp³-hybridized carbons (Fsp3) is 0.438. The summed E-state index contributed by atoms with van der Waals surface area (Å²) in [5.74, 6) is 0.0144. The molecule has 0 aliphatic heterocycles. The molecule has 1 aromatic heterocycles. The summed E-state index contributed by atoms with van der Waals surface area (Å²) in [6, 6.07) is 9.90. The van der Waals surface area contributed by atoms with Crippen LogP contribution in [-0.4, -0.2) is 16.4 Å². The number of aromatic amines is 1. The number of para-hydroxylation sites is 1. The predicted octanol–water partition coefficient (Wildman–Crippen LogP) is 3.62. The zero-order chi connectivity index (χ0) is 13.3. The molecule has 1 aliphatic rings. The van der Waals surface area contributed by atoms with Crippen LogP contribution < -0.4 is 5.32 Å². The third-order valence-corrected chi connectivity index (χ3v) is 4.15. The minimum Gasteiger partial charge on any atom is -0.351 e. The number of hydrogen-bond acceptors (Lipinski definition) is 1. The summed E-state index contributed by atoms with van der Waals surface area (Å²) < 4.78 is 0. The molecule has 2 N–H and O–H groups in total. The van der Waals surface area contributed by atoms with Gasteiger partial charge in [-0.2, -0.15) is 0 Å². The number of benzene rings is 1. The number of hydrogen-bond donors (Lipinski definition) is 2. The van der Waals surface area contributed by atoms with E-state index in [4.69, 9.17) is 0 Å². The van der Waals surface area contributed by atoms with E-state index in [0.717, 1.165) is 23.7 Å². The Labute approximate surface area is 113 Å². The highest BCUT2D eigenvalue weighted by atomic mass is 16.2. The van der Waals surface area contributed by atoms with Crippen LogP contribution in [0, 0.1) is 0 Å². The van der Waals surface area contributed by atoms with Crippen molar-refractivity contribution in [3.8, 4) is 0 Å². The Kier molecular flexibility index (Phi) is 3.05. The second kappa shape index (κ2) is 4.72.